The van der Waals surface area contributed by atoms with Crippen molar-refractivity contribution in [3.63, 3.8) is 0 Å². The van der Waals surface area contributed by atoms with E-state index < -0.39 is 0 Å². The largest absolute Gasteiger partial charge is 0.485 e. The standard InChI is InChI=1S/C26H26N2O4/c29-25(27-16-26(30)28-15-14-21-10-4-5-11-22(21)17-28)19-32-24-13-7-6-12-23(24)31-18-20-8-2-1-3-9-20/h1-13H,14-19H2,(H,27,29). The van der Waals surface area contributed by atoms with Crippen LogP contribution in [0, 0.1) is 0 Å². The predicted octanol–water partition coefficient (Wildman–Crippen LogP) is 3.35. The fraction of sp³-hybridized carbons (Fsp3) is 0.231. The zero-order valence-corrected chi connectivity index (χ0v) is 17.8. The fourth-order valence-electron chi connectivity index (χ4n) is 3.61. The smallest absolute Gasteiger partial charge is 0.258 e. The number of nitrogens with one attached hydrogen (secondary N) is 1. The molecule has 6 nitrogen and oxygen atoms in total. The van der Waals surface area contributed by atoms with E-state index in [4.69, 9.17) is 9.47 Å². The predicted molar refractivity (Wildman–Crippen MR) is 121 cm³/mol. The molecule has 0 unspecified atom stereocenters. The van der Waals surface area contributed by atoms with Crippen LogP contribution in [0.5, 0.6) is 11.5 Å². The number of carbonyl (C=O) groups is 2. The van der Waals surface area contributed by atoms with Gasteiger partial charge in [0.2, 0.25) is 5.91 Å². The number of benzene rings is 3. The summed E-state index contributed by atoms with van der Waals surface area (Å²) in [5, 5.41) is 2.66. The highest BCUT2D eigenvalue weighted by atomic mass is 16.5. The van der Waals surface area contributed by atoms with Crippen molar-refractivity contribution in [2.45, 2.75) is 19.6 Å². The van der Waals surface area contributed by atoms with Crippen LogP contribution in [0.1, 0.15) is 16.7 Å². The van der Waals surface area contributed by atoms with Crippen LogP contribution in [0.2, 0.25) is 0 Å². The molecule has 0 bridgehead atoms. The van der Waals surface area contributed by atoms with E-state index in [1.165, 1.54) is 5.56 Å². The average Bonchev–Trinajstić information content (AvgIpc) is 2.85. The Morgan fingerprint density at radius 1 is 0.812 bits per heavy atom. The molecule has 0 fully saturated rings. The Morgan fingerprint density at radius 3 is 2.25 bits per heavy atom. The van der Waals surface area contributed by atoms with Crippen LogP contribution in [-0.2, 0) is 29.2 Å². The second kappa shape index (κ2) is 10.5. The van der Waals surface area contributed by atoms with Crippen molar-refractivity contribution < 1.29 is 19.1 Å². The van der Waals surface area contributed by atoms with Crippen molar-refractivity contribution >= 4 is 11.8 Å². The third-order valence-corrected chi connectivity index (χ3v) is 5.37. The van der Waals surface area contributed by atoms with E-state index in [0.717, 1.165) is 17.5 Å². The van der Waals surface area contributed by atoms with Gasteiger partial charge in [-0.2, -0.15) is 0 Å². The Balaban J connectivity index is 1.23. The summed E-state index contributed by atoms with van der Waals surface area (Å²) in [6.07, 6.45) is 0.832. The van der Waals surface area contributed by atoms with E-state index >= 15 is 0 Å². The maximum absolute atomic E-state index is 12.5. The summed E-state index contributed by atoms with van der Waals surface area (Å²) >= 11 is 0. The van der Waals surface area contributed by atoms with Crippen molar-refractivity contribution in [2.24, 2.45) is 0 Å². The van der Waals surface area contributed by atoms with E-state index in [0.29, 0.717) is 31.2 Å². The van der Waals surface area contributed by atoms with Gasteiger partial charge in [0.05, 0.1) is 6.54 Å². The SMILES string of the molecule is O=C(COc1ccccc1OCc1ccccc1)NCC(=O)N1CCc2ccccc2C1. The number of para-hydroxylation sites is 2. The van der Waals surface area contributed by atoms with E-state index in [9.17, 15) is 9.59 Å². The maximum Gasteiger partial charge on any atom is 0.258 e. The number of ether oxygens (including phenoxy) is 2. The van der Waals surface area contributed by atoms with Gasteiger partial charge >= 0.3 is 0 Å². The number of fused-ring (bicyclic) bond motifs is 1. The van der Waals surface area contributed by atoms with Gasteiger partial charge in [-0.05, 0) is 35.2 Å². The Hall–Kier alpha value is -3.80. The van der Waals surface area contributed by atoms with Crippen LogP contribution < -0.4 is 14.8 Å². The van der Waals surface area contributed by atoms with Gasteiger partial charge in [-0.25, -0.2) is 0 Å². The minimum absolute atomic E-state index is 0.0451. The molecule has 0 aliphatic carbocycles. The van der Waals surface area contributed by atoms with Crippen molar-refractivity contribution in [3.8, 4) is 11.5 Å². The topological polar surface area (TPSA) is 67.9 Å². The zero-order chi connectivity index (χ0) is 22.2. The first-order valence-electron chi connectivity index (χ1n) is 10.7. The number of hydrogen-bond donors (Lipinski definition) is 1. The van der Waals surface area contributed by atoms with Gasteiger partial charge in [0, 0.05) is 13.1 Å². The van der Waals surface area contributed by atoms with Crippen LogP contribution in [-0.4, -0.2) is 36.4 Å². The molecule has 32 heavy (non-hydrogen) atoms. The maximum atomic E-state index is 12.5. The summed E-state index contributed by atoms with van der Waals surface area (Å²) in [6.45, 7) is 1.40. The van der Waals surface area contributed by atoms with Crippen molar-refractivity contribution in [1.82, 2.24) is 10.2 Å². The molecule has 3 aromatic rings. The molecule has 164 valence electrons. The second-order valence-electron chi connectivity index (χ2n) is 7.62. The molecular weight excluding hydrogens is 404 g/mol. The second-order valence-corrected chi connectivity index (χ2v) is 7.62. The summed E-state index contributed by atoms with van der Waals surface area (Å²) in [6, 6.07) is 25.2. The van der Waals surface area contributed by atoms with E-state index in [-0.39, 0.29) is 25.0 Å². The van der Waals surface area contributed by atoms with Crippen molar-refractivity contribution in [3.05, 3.63) is 95.6 Å². The van der Waals surface area contributed by atoms with Gasteiger partial charge < -0.3 is 19.7 Å². The molecule has 1 aliphatic heterocycles. The molecule has 6 heteroatoms. The Morgan fingerprint density at radius 2 is 1.47 bits per heavy atom. The molecular formula is C26H26N2O4. The third kappa shape index (κ3) is 5.66. The molecule has 0 saturated heterocycles. The molecule has 0 atom stereocenters. The number of nitrogens with zero attached hydrogens (tertiary/aromatic N) is 1. The molecule has 0 radical (unpaired) electrons. The Kier molecular flexibility index (Phi) is 7.02. The first-order chi connectivity index (χ1) is 15.7. The molecule has 2 amide bonds. The molecule has 1 aliphatic rings. The molecule has 1 heterocycles. The zero-order valence-electron chi connectivity index (χ0n) is 17.8. The lowest BCUT2D eigenvalue weighted by molar-refractivity contribution is -0.134. The lowest BCUT2D eigenvalue weighted by Crippen LogP contribution is -2.43. The van der Waals surface area contributed by atoms with Crippen LogP contribution in [0.4, 0.5) is 0 Å². The molecule has 3 aromatic carbocycles. The molecule has 0 saturated carbocycles. The fourth-order valence-corrected chi connectivity index (χ4v) is 3.61. The van der Waals surface area contributed by atoms with Gasteiger partial charge in [-0.3, -0.25) is 9.59 Å². The summed E-state index contributed by atoms with van der Waals surface area (Å²) in [5.41, 5.74) is 3.48. The van der Waals surface area contributed by atoms with Gasteiger partial charge in [0.1, 0.15) is 6.61 Å². The minimum atomic E-state index is -0.353. The summed E-state index contributed by atoms with van der Waals surface area (Å²) in [5.74, 6) is 0.595. The minimum Gasteiger partial charge on any atom is -0.485 e. The number of carbonyl (C=O) groups excluding carboxylic acids is 2. The lowest BCUT2D eigenvalue weighted by Gasteiger charge is -2.29. The Bertz CT molecular complexity index is 1070. The van der Waals surface area contributed by atoms with Gasteiger partial charge in [0.15, 0.2) is 18.1 Å². The summed E-state index contributed by atoms with van der Waals surface area (Å²) < 4.78 is 11.5. The van der Waals surface area contributed by atoms with Gasteiger partial charge in [0.25, 0.3) is 5.91 Å². The van der Waals surface area contributed by atoms with Crippen molar-refractivity contribution in [2.75, 3.05) is 19.7 Å². The van der Waals surface area contributed by atoms with Gasteiger partial charge in [-0.15, -0.1) is 0 Å². The molecule has 0 aromatic heterocycles. The van der Waals surface area contributed by atoms with Crippen molar-refractivity contribution in [1.29, 1.82) is 0 Å². The Labute approximate surface area is 187 Å². The van der Waals surface area contributed by atoms with E-state index in [2.05, 4.69) is 11.4 Å². The van der Waals surface area contributed by atoms with Crippen LogP contribution in [0.3, 0.4) is 0 Å². The molecule has 4 rings (SSSR count). The highest BCUT2D eigenvalue weighted by Gasteiger charge is 2.20. The molecule has 1 N–H and O–H groups in total. The third-order valence-electron chi connectivity index (χ3n) is 5.37. The first-order valence-corrected chi connectivity index (χ1v) is 10.7. The van der Waals surface area contributed by atoms with Crippen LogP contribution in [0.15, 0.2) is 78.9 Å². The number of amides is 2. The van der Waals surface area contributed by atoms with E-state index in [1.54, 1.807) is 17.0 Å². The molecule has 0 spiro atoms. The van der Waals surface area contributed by atoms with Gasteiger partial charge in [-0.1, -0.05) is 66.7 Å². The summed E-state index contributed by atoms with van der Waals surface area (Å²) in [7, 11) is 0. The van der Waals surface area contributed by atoms with Crippen LogP contribution >= 0.6 is 0 Å². The monoisotopic (exact) mass is 430 g/mol. The van der Waals surface area contributed by atoms with Crippen LogP contribution in [0.25, 0.3) is 0 Å². The number of hydrogen-bond acceptors (Lipinski definition) is 4. The lowest BCUT2D eigenvalue weighted by atomic mass is 10.00. The van der Waals surface area contributed by atoms with E-state index in [1.807, 2.05) is 60.7 Å². The first kappa shape index (κ1) is 21.4. The quantitative estimate of drug-likeness (QED) is 0.595. The normalized spacial score (nSPS) is 12.6. The highest BCUT2D eigenvalue weighted by molar-refractivity contribution is 5.85. The average molecular weight is 431 g/mol. The summed E-state index contributed by atoms with van der Waals surface area (Å²) in [4.78, 5) is 26.5. The number of rotatable bonds is 8. The highest BCUT2D eigenvalue weighted by Crippen LogP contribution is 2.27.